The van der Waals surface area contributed by atoms with E-state index in [1.165, 1.54) is 26.7 Å². The Kier molecular flexibility index (Phi) is 6.40. The molecule has 0 spiro atoms. The maximum absolute atomic E-state index is 10.8. The lowest BCUT2D eigenvalue weighted by atomic mass is 10.3. The molecule has 6 heteroatoms. The first kappa shape index (κ1) is 15.3. The second kappa shape index (κ2) is 8.36. The molecule has 0 N–H and O–H groups in total. The molecule has 0 aromatic heterocycles. The lowest BCUT2D eigenvalue weighted by molar-refractivity contribution is -0.135. The highest BCUT2D eigenvalue weighted by molar-refractivity contribution is 5.81. The Morgan fingerprint density at radius 1 is 0.900 bits per heavy atom. The Balaban J connectivity index is 2.57. The number of carbonyl (C=O) groups excluding carboxylic acids is 2. The lowest BCUT2D eigenvalue weighted by Gasteiger charge is -2.03. The number of hydrogen-bond acceptors (Lipinski definition) is 6. The first-order valence-electron chi connectivity index (χ1n) is 5.58. The van der Waals surface area contributed by atoms with Gasteiger partial charge in [0.15, 0.2) is 0 Å². The van der Waals surface area contributed by atoms with Gasteiger partial charge in [-0.2, -0.15) is 0 Å². The monoisotopic (exact) mass is 278 g/mol. The van der Waals surface area contributed by atoms with Crippen molar-refractivity contribution in [3.63, 3.8) is 0 Å². The molecule has 0 unspecified atom stereocenters. The molecule has 0 saturated carbocycles. The van der Waals surface area contributed by atoms with Gasteiger partial charge in [0.05, 0.1) is 38.9 Å². The van der Waals surface area contributed by atoms with Gasteiger partial charge in [0.2, 0.25) is 0 Å². The minimum absolute atomic E-state index is 0.467. The summed E-state index contributed by atoms with van der Waals surface area (Å²) in [4.78, 5) is 21.7. The molecule has 0 atom stereocenters. The molecule has 0 saturated heterocycles. The van der Waals surface area contributed by atoms with Crippen molar-refractivity contribution in [2.75, 3.05) is 14.2 Å². The molecule has 20 heavy (non-hydrogen) atoms. The highest BCUT2D eigenvalue weighted by Gasteiger charge is 1.97. The lowest BCUT2D eigenvalue weighted by Crippen LogP contribution is -1.95. The van der Waals surface area contributed by atoms with E-state index in [1.54, 1.807) is 24.3 Å². The second-order valence-electron chi connectivity index (χ2n) is 3.36. The van der Waals surface area contributed by atoms with Crippen LogP contribution < -0.4 is 9.47 Å². The standard InChI is InChI=1S/C14H14O6/c1-17-13(15)6-8-19-11-4-3-5-12(10-11)20-9-7-14(16)18-2/h3-10H,1-2H3/b8-6+,9-7+. The molecule has 0 heterocycles. The summed E-state index contributed by atoms with van der Waals surface area (Å²) < 4.78 is 19.2. The van der Waals surface area contributed by atoms with Crippen molar-refractivity contribution in [1.29, 1.82) is 0 Å². The minimum Gasteiger partial charge on any atom is -0.466 e. The molecule has 0 amide bonds. The van der Waals surface area contributed by atoms with Gasteiger partial charge in [-0.05, 0) is 12.1 Å². The molecular formula is C14H14O6. The summed E-state index contributed by atoms with van der Waals surface area (Å²) in [5.74, 6) is -0.0972. The summed E-state index contributed by atoms with van der Waals surface area (Å²) in [6.07, 6.45) is 4.69. The second-order valence-corrected chi connectivity index (χ2v) is 3.36. The van der Waals surface area contributed by atoms with Gasteiger partial charge in [0.1, 0.15) is 11.5 Å². The van der Waals surface area contributed by atoms with Crippen LogP contribution in [0, 0.1) is 0 Å². The zero-order valence-corrected chi connectivity index (χ0v) is 11.1. The van der Waals surface area contributed by atoms with E-state index in [-0.39, 0.29) is 0 Å². The Labute approximate surface area is 116 Å². The van der Waals surface area contributed by atoms with Crippen molar-refractivity contribution >= 4 is 11.9 Å². The largest absolute Gasteiger partial charge is 0.466 e. The molecular weight excluding hydrogens is 264 g/mol. The zero-order chi connectivity index (χ0) is 14.8. The fraction of sp³-hybridized carbons (Fsp3) is 0.143. The van der Waals surface area contributed by atoms with Crippen molar-refractivity contribution < 1.29 is 28.5 Å². The van der Waals surface area contributed by atoms with Crippen molar-refractivity contribution in [2.24, 2.45) is 0 Å². The summed E-state index contributed by atoms with van der Waals surface area (Å²) in [5.41, 5.74) is 0. The maximum Gasteiger partial charge on any atom is 0.333 e. The highest BCUT2D eigenvalue weighted by Crippen LogP contribution is 2.19. The third-order valence-corrected chi connectivity index (χ3v) is 2.02. The Bertz CT molecular complexity index is 475. The molecule has 106 valence electrons. The van der Waals surface area contributed by atoms with Crippen LogP contribution in [0.15, 0.2) is 48.9 Å². The summed E-state index contributed by atoms with van der Waals surface area (Å²) in [6.45, 7) is 0. The van der Waals surface area contributed by atoms with Gasteiger partial charge in [-0.15, -0.1) is 0 Å². The van der Waals surface area contributed by atoms with E-state index >= 15 is 0 Å². The first-order valence-corrected chi connectivity index (χ1v) is 5.58. The Morgan fingerprint density at radius 3 is 1.75 bits per heavy atom. The molecule has 0 radical (unpaired) electrons. The molecule has 0 aliphatic rings. The molecule has 0 aliphatic carbocycles. The number of rotatable bonds is 6. The van der Waals surface area contributed by atoms with Crippen LogP contribution in [-0.4, -0.2) is 26.2 Å². The van der Waals surface area contributed by atoms with Crippen LogP contribution in [0.1, 0.15) is 0 Å². The third kappa shape index (κ3) is 5.72. The first-order chi connectivity index (χ1) is 9.65. The average molecular weight is 278 g/mol. The maximum atomic E-state index is 10.8. The summed E-state index contributed by atoms with van der Waals surface area (Å²) in [7, 11) is 2.55. The average Bonchev–Trinajstić information content (AvgIpc) is 2.47. The van der Waals surface area contributed by atoms with Crippen LogP contribution in [-0.2, 0) is 19.1 Å². The predicted octanol–water partition coefficient (Wildman–Crippen LogP) is 1.82. The van der Waals surface area contributed by atoms with E-state index in [0.717, 1.165) is 12.2 Å². The molecule has 1 rings (SSSR count). The highest BCUT2D eigenvalue weighted by atomic mass is 16.5. The predicted molar refractivity (Wildman–Crippen MR) is 70.0 cm³/mol. The molecule has 0 fully saturated rings. The van der Waals surface area contributed by atoms with Crippen LogP contribution in [0.2, 0.25) is 0 Å². The number of ether oxygens (including phenoxy) is 4. The van der Waals surface area contributed by atoms with Gasteiger partial charge in [-0.1, -0.05) is 6.07 Å². The van der Waals surface area contributed by atoms with Gasteiger partial charge in [-0.25, -0.2) is 9.59 Å². The number of hydrogen-bond donors (Lipinski definition) is 0. The molecule has 1 aromatic rings. The number of benzene rings is 1. The van der Waals surface area contributed by atoms with Gasteiger partial charge >= 0.3 is 11.9 Å². The van der Waals surface area contributed by atoms with Crippen LogP contribution in [0.5, 0.6) is 11.5 Å². The molecule has 0 bridgehead atoms. The van der Waals surface area contributed by atoms with E-state index in [9.17, 15) is 9.59 Å². The van der Waals surface area contributed by atoms with Crippen molar-refractivity contribution in [1.82, 2.24) is 0 Å². The van der Waals surface area contributed by atoms with E-state index in [1.807, 2.05) is 0 Å². The van der Waals surface area contributed by atoms with E-state index < -0.39 is 11.9 Å². The van der Waals surface area contributed by atoms with Crippen LogP contribution in [0.3, 0.4) is 0 Å². The normalized spacial score (nSPS) is 10.5. The zero-order valence-electron chi connectivity index (χ0n) is 11.1. The summed E-state index contributed by atoms with van der Waals surface area (Å²) >= 11 is 0. The van der Waals surface area contributed by atoms with Gasteiger partial charge in [-0.3, -0.25) is 0 Å². The Morgan fingerprint density at radius 2 is 1.35 bits per heavy atom. The number of esters is 2. The SMILES string of the molecule is COC(=O)/C=C/Oc1cccc(O/C=C/C(=O)OC)c1. The fourth-order valence-electron chi connectivity index (χ4n) is 1.09. The molecule has 6 nitrogen and oxygen atoms in total. The number of carbonyl (C=O) groups is 2. The van der Waals surface area contributed by atoms with Crippen LogP contribution in [0.4, 0.5) is 0 Å². The molecule has 1 aromatic carbocycles. The Hall–Kier alpha value is -2.76. The molecule has 0 aliphatic heterocycles. The van der Waals surface area contributed by atoms with Gasteiger partial charge < -0.3 is 18.9 Å². The van der Waals surface area contributed by atoms with Crippen molar-refractivity contribution in [2.45, 2.75) is 0 Å². The van der Waals surface area contributed by atoms with Crippen molar-refractivity contribution in [3.05, 3.63) is 48.9 Å². The van der Waals surface area contributed by atoms with Gasteiger partial charge in [0, 0.05) is 6.07 Å². The van der Waals surface area contributed by atoms with Crippen molar-refractivity contribution in [3.8, 4) is 11.5 Å². The summed E-state index contributed by atoms with van der Waals surface area (Å²) in [6, 6.07) is 6.64. The van der Waals surface area contributed by atoms with E-state index in [4.69, 9.17) is 9.47 Å². The third-order valence-electron chi connectivity index (χ3n) is 2.02. The van der Waals surface area contributed by atoms with Gasteiger partial charge in [0.25, 0.3) is 0 Å². The van der Waals surface area contributed by atoms with E-state index in [2.05, 4.69) is 9.47 Å². The minimum atomic E-state index is -0.515. The number of methoxy groups -OCH3 is 2. The topological polar surface area (TPSA) is 71.1 Å². The smallest absolute Gasteiger partial charge is 0.333 e. The quantitative estimate of drug-likeness (QED) is 0.449. The van der Waals surface area contributed by atoms with Crippen LogP contribution >= 0.6 is 0 Å². The summed E-state index contributed by atoms with van der Waals surface area (Å²) in [5, 5.41) is 0. The van der Waals surface area contributed by atoms with Crippen LogP contribution in [0.25, 0.3) is 0 Å². The van der Waals surface area contributed by atoms with E-state index in [0.29, 0.717) is 11.5 Å². The fourth-order valence-corrected chi connectivity index (χ4v) is 1.09.